The normalized spacial score (nSPS) is 18.8. The molecule has 2 heterocycles. The molecule has 1 aromatic heterocycles. The number of alkyl halides is 1. The van der Waals surface area contributed by atoms with Gasteiger partial charge in [0.05, 0.1) is 5.56 Å². The SMILES string of the molecule is CCC[C@@H](Nc1nc(NC2=CN=C[C@@H](F)C2)c(C(N)=O)cc1F)[C@H](C)N. The number of nitrogens with zero attached hydrogens (tertiary/aromatic N) is 2. The summed E-state index contributed by atoms with van der Waals surface area (Å²) in [5.74, 6) is -1.58. The summed E-state index contributed by atoms with van der Waals surface area (Å²) in [7, 11) is 0. The third-order valence-corrected chi connectivity index (χ3v) is 3.97. The molecular formula is C17H24F2N6O. The number of nitrogens with one attached hydrogen (secondary N) is 2. The van der Waals surface area contributed by atoms with Crippen LogP contribution < -0.4 is 22.1 Å². The minimum absolute atomic E-state index is 0.0388. The van der Waals surface area contributed by atoms with Crippen LogP contribution in [0.4, 0.5) is 20.4 Å². The van der Waals surface area contributed by atoms with E-state index in [1.807, 2.05) is 13.8 Å². The number of allylic oxidation sites excluding steroid dienone is 1. The number of hydrogen-bond donors (Lipinski definition) is 4. The molecule has 3 atom stereocenters. The first-order valence-electron chi connectivity index (χ1n) is 8.47. The molecule has 0 saturated heterocycles. The Balaban J connectivity index is 2.34. The average Bonchev–Trinajstić information content (AvgIpc) is 2.56. The monoisotopic (exact) mass is 366 g/mol. The lowest BCUT2D eigenvalue weighted by Gasteiger charge is -2.23. The summed E-state index contributed by atoms with van der Waals surface area (Å²) in [5.41, 5.74) is 11.5. The van der Waals surface area contributed by atoms with E-state index in [9.17, 15) is 13.6 Å². The molecule has 0 fully saturated rings. The van der Waals surface area contributed by atoms with Crippen molar-refractivity contribution in [2.45, 2.75) is 51.4 Å². The second-order valence-corrected chi connectivity index (χ2v) is 6.28. The fourth-order valence-corrected chi connectivity index (χ4v) is 2.60. The van der Waals surface area contributed by atoms with Crippen molar-refractivity contribution in [3.8, 4) is 0 Å². The van der Waals surface area contributed by atoms with Crippen LogP contribution >= 0.6 is 0 Å². The first-order chi connectivity index (χ1) is 12.3. The minimum atomic E-state index is -1.25. The van der Waals surface area contributed by atoms with E-state index < -0.39 is 17.9 Å². The highest BCUT2D eigenvalue weighted by Crippen LogP contribution is 2.24. The van der Waals surface area contributed by atoms with Gasteiger partial charge in [-0.15, -0.1) is 0 Å². The molecule has 142 valence electrons. The van der Waals surface area contributed by atoms with Gasteiger partial charge >= 0.3 is 0 Å². The molecule has 1 aliphatic rings. The quantitative estimate of drug-likeness (QED) is 0.563. The number of hydrogen-bond acceptors (Lipinski definition) is 6. The molecule has 0 aliphatic carbocycles. The van der Waals surface area contributed by atoms with E-state index in [-0.39, 0.29) is 35.7 Å². The lowest BCUT2D eigenvalue weighted by Crippen LogP contribution is -2.38. The predicted molar refractivity (Wildman–Crippen MR) is 98.4 cm³/mol. The lowest BCUT2D eigenvalue weighted by molar-refractivity contribution is 0.100. The van der Waals surface area contributed by atoms with Crippen LogP contribution in [0.2, 0.25) is 0 Å². The first kappa shape index (κ1) is 19.8. The van der Waals surface area contributed by atoms with E-state index in [2.05, 4.69) is 20.6 Å². The highest BCUT2D eigenvalue weighted by Gasteiger charge is 2.21. The number of amides is 1. The van der Waals surface area contributed by atoms with Crippen molar-refractivity contribution >= 4 is 23.8 Å². The summed E-state index contributed by atoms with van der Waals surface area (Å²) in [5, 5.41) is 5.79. The Kier molecular flexibility index (Phi) is 6.62. The van der Waals surface area contributed by atoms with Crippen LogP contribution in [0.1, 0.15) is 43.5 Å². The van der Waals surface area contributed by atoms with Gasteiger partial charge in [0.25, 0.3) is 5.91 Å². The van der Waals surface area contributed by atoms with Crippen LogP contribution in [0.3, 0.4) is 0 Å². The van der Waals surface area contributed by atoms with Crippen LogP contribution in [0, 0.1) is 5.82 Å². The molecule has 2 rings (SSSR count). The third-order valence-electron chi connectivity index (χ3n) is 3.97. The summed E-state index contributed by atoms with van der Waals surface area (Å²) in [6.07, 6.45) is 2.97. The number of aliphatic imine (C=N–C) groups is 1. The smallest absolute Gasteiger partial charge is 0.252 e. The van der Waals surface area contributed by atoms with Gasteiger partial charge in [0.1, 0.15) is 12.0 Å². The molecule has 0 saturated carbocycles. The number of aromatic nitrogens is 1. The van der Waals surface area contributed by atoms with E-state index in [0.29, 0.717) is 5.70 Å². The van der Waals surface area contributed by atoms with Gasteiger partial charge < -0.3 is 22.1 Å². The fourth-order valence-electron chi connectivity index (χ4n) is 2.60. The number of carbonyl (C=O) groups excluding carboxylic acids is 1. The van der Waals surface area contributed by atoms with E-state index in [1.165, 1.54) is 12.4 Å². The summed E-state index contributed by atoms with van der Waals surface area (Å²) < 4.78 is 27.9. The lowest BCUT2D eigenvalue weighted by atomic mass is 10.1. The van der Waals surface area contributed by atoms with Gasteiger partial charge in [-0.2, -0.15) is 0 Å². The highest BCUT2D eigenvalue weighted by molar-refractivity contribution is 5.98. The number of anilines is 2. The van der Waals surface area contributed by atoms with Gasteiger partial charge in [-0.1, -0.05) is 13.3 Å². The molecule has 0 bridgehead atoms. The van der Waals surface area contributed by atoms with Crippen molar-refractivity contribution in [3.63, 3.8) is 0 Å². The molecule has 0 aromatic carbocycles. The third kappa shape index (κ3) is 4.98. The van der Waals surface area contributed by atoms with Crippen LogP contribution in [0.25, 0.3) is 0 Å². The maximum absolute atomic E-state index is 14.4. The fraction of sp³-hybridized carbons (Fsp3) is 0.471. The average molecular weight is 366 g/mol. The summed E-state index contributed by atoms with van der Waals surface area (Å²) in [6, 6.07) is 0.582. The van der Waals surface area contributed by atoms with Gasteiger partial charge in [-0.3, -0.25) is 9.79 Å². The molecule has 6 N–H and O–H groups in total. The molecule has 1 aliphatic heterocycles. The van der Waals surface area contributed by atoms with Gasteiger partial charge in [0.15, 0.2) is 11.6 Å². The molecule has 26 heavy (non-hydrogen) atoms. The van der Waals surface area contributed by atoms with Gasteiger partial charge in [-0.05, 0) is 19.4 Å². The van der Waals surface area contributed by atoms with Crippen molar-refractivity contribution in [1.82, 2.24) is 4.98 Å². The van der Waals surface area contributed by atoms with Crippen molar-refractivity contribution in [1.29, 1.82) is 0 Å². The van der Waals surface area contributed by atoms with E-state index in [1.54, 1.807) is 0 Å². The van der Waals surface area contributed by atoms with E-state index >= 15 is 0 Å². The Morgan fingerprint density at radius 2 is 2.19 bits per heavy atom. The Morgan fingerprint density at radius 1 is 1.46 bits per heavy atom. The topological polar surface area (TPSA) is 118 Å². The Labute approximate surface area is 151 Å². The Hall–Kier alpha value is -2.55. The zero-order valence-corrected chi connectivity index (χ0v) is 14.8. The number of nitrogens with two attached hydrogens (primary N) is 2. The molecule has 0 unspecified atom stereocenters. The van der Waals surface area contributed by atoms with Gasteiger partial charge in [0.2, 0.25) is 0 Å². The maximum atomic E-state index is 14.4. The van der Waals surface area contributed by atoms with Crippen LogP contribution in [0.15, 0.2) is 23.0 Å². The minimum Gasteiger partial charge on any atom is -0.365 e. The second-order valence-electron chi connectivity index (χ2n) is 6.28. The largest absolute Gasteiger partial charge is 0.365 e. The van der Waals surface area contributed by atoms with Crippen LogP contribution in [0.5, 0.6) is 0 Å². The number of primary amides is 1. The highest BCUT2D eigenvalue weighted by atomic mass is 19.1. The van der Waals surface area contributed by atoms with Crippen molar-refractivity contribution < 1.29 is 13.6 Å². The van der Waals surface area contributed by atoms with Crippen LogP contribution in [-0.4, -0.2) is 35.4 Å². The zero-order valence-electron chi connectivity index (χ0n) is 14.8. The summed E-state index contributed by atoms with van der Waals surface area (Å²) in [6.45, 7) is 3.81. The standard InChI is InChI=1S/C17H24F2N6O/c1-3-4-14(9(2)20)24-17-13(19)6-12(15(21)26)16(25-17)23-11-5-10(18)7-22-8-11/h6-10,14H,3-5,20H2,1-2H3,(H2,21,26)(H2,23,24,25)/t9-,10-,14+/m0/s1. The molecule has 0 spiro atoms. The van der Waals surface area contributed by atoms with Crippen molar-refractivity contribution in [2.75, 3.05) is 10.6 Å². The van der Waals surface area contributed by atoms with Gasteiger partial charge in [0, 0.05) is 36.6 Å². The number of pyridine rings is 1. The second kappa shape index (κ2) is 8.70. The molecule has 9 heteroatoms. The number of halogens is 2. The molecular weight excluding hydrogens is 342 g/mol. The molecule has 1 amide bonds. The Bertz CT molecular complexity index is 719. The van der Waals surface area contributed by atoms with Gasteiger partial charge in [-0.25, -0.2) is 13.8 Å². The van der Waals surface area contributed by atoms with Crippen molar-refractivity contribution in [2.24, 2.45) is 16.5 Å². The predicted octanol–water partition coefficient (Wildman–Crippen LogP) is 2.31. The number of carbonyl (C=O) groups is 1. The maximum Gasteiger partial charge on any atom is 0.252 e. The zero-order chi connectivity index (χ0) is 19.3. The molecule has 7 nitrogen and oxygen atoms in total. The van der Waals surface area contributed by atoms with E-state index in [0.717, 1.165) is 18.9 Å². The molecule has 1 aromatic rings. The summed E-state index contributed by atoms with van der Waals surface area (Å²) in [4.78, 5) is 19.6. The van der Waals surface area contributed by atoms with E-state index in [4.69, 9.17) is 11.5 Å². The molecule has 0 radical (unpaired) electrons. The Morgan fingerprint density at radius 3 is 2.77 bits per heavy atom. The summed E-state index contributed by atoms with van der Waals surface area (Å²) >= 11 is 0. The number of rotatable bonds is 8. The van der Waals surface area contributed by atoms with Crippen LogP contribution in [-0.2, 0) is 0 Å². The van der Waals surface area contributed by atoms with Crippen molar-refractivity contribution in [3.05, 3.63) is 29.3 Å². The first-order valence-corrected chi connectivity index (χ1v) is 8.47.